The summed E-state index contributed by atoms with van der Waals surface area (Å²) < 4.78 is 27.4. The average molecular weight is 462 g/mol. The van der Waals surface area contributed by atoms with E-state index in [9.17, 15) is 18.0 Å². The maximum Gasteiger partial charge on any atom is 0.254 e. The minimum Gasteiger partial charge on any atom is -0.342 e. The van der Waals surface area contributed by atoms with Crippen molar-refractivity contribution < 1.29 is 18.0 Å². The van der Waals surface area contributed by atoms with Crippen LogP contribution in [0.3, 0.4) is 0 Å². The van der Waals surface area contributed by atoms with Gasteiger partial charge in [-0.25, -0.2) is 8.42 Å². The predicted molar refractivity (Wildman–Crippen MR) is 123 cm³/mol. The fourth-order valence-corrected chi connectivity index (χ4v) is 6.66. The third-order valence-corrected chi connectivity index (χ3v) is 9.09. The molecule has 0 radical (unpaired) electrons. The predicted octanol–water partition coefficient (Wildman–Crippen LogP) is 3.03. The Hall–Kier alpha value is -1.93. The van der Waals surface area contributed by atoms with Crippen LogP contribution in [0, 0.1) is 12.8 Å². The number of hydrogen-bond donors (Lipinski definition) is 0. The van der Waals surface area contributed by atoms with Gasteiger partial charge in [-0.05, 0) is 63.1 Å². The van der Waals surface area contributed by atoms with Gasteiger partial charge in [0.1, 0.15) is 0 Å². The molecule has 0 unspecified atom stereocenters. The van der Waals surface area contributed by atoms with E-state index in [2.05, 4.69) is 0 Å². The third-order valence-electron chi connectivity index (χ3n) is 7.19. The highest BCUT2D eigenvalue weighted by molar-refractivity contribution is 7.89. The Morgan fingerprint density at radius 1 is 0.812 bits per heavy atom. The molecular weight excluding hydrogens is 426 g/mol. The van der Waals surface area contributed by atoms with Gasteiger partial charge in [-0.3, -0.25) is 9.59 Å². The van der Waals surface area contributed by atoms with Crippen molar-refractivity contribution in [3.05, 3.63) is 29.3 Å². The first-order valence-electron chi connectivity index (χ1n) is 12.1. The van der Waals surface area contributed by atoms with Gasteiger partial charge in [-0.15, -0.1) is 0 Å². The third kappa shape index (κ3) is 4.86. The number of hydrogen-bond acceptors (Lipinski definition) is 4. The lowest BCUT2D eigenvalue weighted by Crippen LogP contribution is -2.44. The van der Waals surface area contributed by atoms with Crippen LogP contribution in [0.15, 0.2) is 23.1 Å². The number of likely N-dealkylation sites (tertiary alicyclic amines) is 2. The Morgan fingerprint density at radius 2 is 1.41 bits per heavy atom. The van der Waals surface area contributed by atoms with Crippen molar-refractivity contribution >= 4 is 21.8 Å². The minimum atomic E-state index is -3.57. The van der Waals surface area contributed by atoms with Crippen molar-refractivity contribution in [2.24, 2.45) is 5.92 Å². The molecule has 0 aliphatic carbocycles. The zero-order valence-corrected chi connectivity index (χ0v) is 19.9. The molecule has 0 N–H and O–H groups in total. The van der Waals surface area contributed by atoms with Crippen LogP contribution in [-0.2, 0) is 14.8 Å². The second-order valence-electron chi connectivity index (χ2n) is 9.39. The lowest BCUT2D eigenvalue weighted by Gasteiger charge is -2.34. The fraction of sp³-hybridized carbons (Fsp3) is 0.667. The smallest absolute Gasteiger partial charge is 0.254 e. The first kappa shape index (κ1) is 23.2. The standard InChI is InChI=1S/C24H35N3O4S/c1-19-8-9-21(32(30,31)27-14-6-7-15-27)18-22(19)24(29)26-16-10-20(11-17-26)23(28)25-12-4-2-3-5-13-25/h8-9,18,20H,2-7,10-17H2,1H3. The maximum atomic E-state index is 13.3. The van der Waals surface area contributed by atoms with Gasteiger partial charge < -0.3 is 9.80 Å². The van der Waals surface area contributed by atoms with Gasteiger partial charge in [0, 0.05) is 50.7 Å². The number of piperidine rings is 1. The van der Waals surface area contributed by atoms with Gasteiger partial charge in [0.05, 0.1) is 4.90 Å². The zero-order valence-electron chi connectivity index (χ0n) is 19.1. The van der Waals surface area contributed by atoms with E-state index in [0.29, 0.717) is 44.6 Å². The molecule has 8 heteroatoms. The fourth-order valence-electron chi connectivity index (χ4n) is 5.12. The van der Waals surface area contributed by atoms with Gasteiger partial charge in [-0.2, -0.15) is 4.31 Å². The Bertz CT molecular complexity index is 940. The number of aryl methyl sites for hydroxylation is 1. The van der Waals surface area contributed by atoms with Gasteiger partial charge >= 0.3 is 0 Å². The molecule has 0 aromatic heterocycles. The number of amides is 2. The summed E-state index contributed by atoms with van der Waals surface area (Å²) in [5.41, 5.74) is 1.22. The van der Waals surface area contributed by atoms with Gasteiger partial charge in [0.2, 0.25) is 15.9 Å². The van der Waals surface area contributed by atoms with Crippen LogP contribution < -0.4 is 0 Å². The van der Waals surface area contributed by atoms with Crippen molar-refractivity contribution in [3.8, 4) is 0 Å². The van der Waals surface area contributed by atoms with Crippen LogP contribution in [0.4, 0.5) is 0 Å². The lowest BCUT2D eigenvalue weighted by atomic mass is 9.94. The summed E-state index contributed by atoms with van der Waals surface area (Å²) in [6, 6.07) is 4.87. The van der Waals surface area contributed by atoms with Crippen LogP contribution in [-0.4, -0.2) is 73.6 Å². The zero-order chi connectivity index (χ0) is 22.7. The van der Waals surface area contributed by atoms with E-state index in [0.717, 1.165) is 44.3 Å². The van der Waals surface area contributed by atoms with Crippen LogP contribution in [0.2, 0.25) is 0 Å². The molecule has 32 heavy (non-hydrogen) atoms. The van der Waals surface area contributed by atoms with Crippen molar-refractivity contribution in [1.29, 1.82) is 0 Å². The Balaban J connectivity index is 1.42. The molecule has 1 aromatic carbocycles. The molecule has 3 aliphatic rings. The molecule has 0 bridgehead atoms. The van der Waals surface area contributed by atoms with Crippen molar-refractivity contribution in [1.82, 2.24) is 14.1 Å². The summed E-state index contributed by atoms with van der Waals surface area (Å²) in [7, 11) is -3.57. The van der Waals surface area contributed by atoms with E-state index in [1.165, 1.54) is 17.1 Å². The SMILES string of the molecule is Cc1ccc(S(=O)(=O)N2CCCC2)cc1C(=O)N1CCC(C(=O)N2CCCCCC2)CC1. The first-order chi connectivity index (χ1) is 15.4. The normalized spacial score (nSPS) is 21.5. The molecule has 2 amide bonds. The number of nitrogens with zero attached hydrogens (tertiary/aromatic N) is 3. The van der Waals surface area contributed by atoms with Gasteiger partial charge in [0.25, 0.3) is 5.91 Å². The summed E-state index contributed by atoms with van der Waals surface area (Å²) in [6.07, 6.45) is 7.66. The van der Waals surface area contributed by atoms with E-state index in [4.69, 9.17) is 0 Å². The molecule has 0 saturated carbocycles. The summed E-state index contributed by atoms with van der Waals surface area (Å²) >= 11 is 0. The van der Waals surface area contributed by atoms with Crippen LogP contribution in [0.25, 0.3) is 0 Å². The second-order valence-corrected chi connectivity index (χ2v) is 11.3. The molecule has 3 fully saturated rings. The summed E-state index contributed by atoms with van der Waals surface area (Å²) in [5, 5.41) is 0. The Kier molecular flexibility index (Phi) is 7.20. The maximum absolute atomic E-state index is 13.3. The summed E-state index contributed by atoms with van der Waals surface area (Å²) in [6.45, 7) is 5.70. The molecule has 1 aromatic rings. The first-order valence-corrected chi connectivity index (χ1v) is 13.5. The highest BCUT2D eigenvalue weighted by Gasteiger charge is 2.32. The Labute approximate surface area is 191 Å². The summed E-state index contributed by atoms with van der Waals surface area (Å²) in [5.74, 6) is 0.0932. The van der Waals surface area contributed by atoms with Gasteiger partial charge in [0.15, 0.2) is 0 Å². The molecule has 3 heterocycles. The van der Waals surface area contributed by atoms with E-state index >= 15 is 0 Å². The van der Waals surface area contributed by atoms with Crippen molar-refractivity contribution in [2.45, 2.75) is 63.2 Å². The molecular formula is C24H35N3O4S. The van der Waals surface area contributed by atoms with E-state index in [-0.39, 0.29) is 22.6 Å². The van der Waals surface area contributed by atoms with Gasteiger partial charge in [-0.1, -0.05) is 18.9 Å². The van der Waals surface area contributed by atoms with E-state index < -0.39 is 10.0 Å². The molecule has 0 atom stereocenters. The molecule has 3 saturated heterocycles. The lowest BCUT2D eigenvalue weighted by molar-refractivity contribution is -0.136. The quantitative estimate of drug-likeness (QED) is 0.691. The molecule has 4 rings (SSSR count). The average Bonchev–Trinajstić information content (AvgIpc) is 3.22. The van der Waals surface area contributed by atoms with E-state index in [1.54, 1.807) is 23.1 Å². The summed E-state index contributed by atoms with van der Waals surface area (Å²) in [4.78, 5) is 30.2. The highest BCUT2D eigenvalue weighted by atomic mass is 32.2. The number of carbonyl (C=O) groups excluding carboxylic acids is 2. The molecule has 176 valence electrons. The molecule has 7 nitrogen and oxygen atoms in total. The largest absolute Gasteiger partial charge is 0.342 e. The molecule has 0 spiro atoms. The number of carbonyl (C=O) groups is 2. The Morgan fingerprint density at radius 3 is 2.03 bits per heavy atom. The van der Waals surface area contributed by atoms with E-state index in [1.807, 2.05) is 11.8 Å². The van der Waals surface area contributed by atoms with Crippen LogP contribution in [0.5, 0.6) is 0 Å². The van der Waals surface area contributed by atoms with Crippen molar-refractivity contribution in [3.63, 3.8) is 0 Å². The monoisotopic (exact) mass is 461 g/mol. The number of benzene rings is 1. The highest BCUT2D eigenvalue weighted by Crippen LogP contribution is 2.26. The van der Waals surface area contributed by atoms with Crippen LogP contribution in [0.1, 0.15) is 67.3 Å². The van der Waals surface area contributed by atoms with Crippen LogP contribution >= 0.6 is 0 Å². The topological polar surface area (TPSA) is 78.0 Å². The number of rotatable bonds is 4. The minimum absolute atomic E-state index is 0.0138. The number of sulfonamides is 1. The molecule has 3 aliphatic heterocycles. The second kappa shape index (κ2) is 9.91. The van der Waals surface area contributed by atoms with Crippen molar-refractivity contribution in [2.75, 3.05) is 39.3 Å².